The first-order valence-electron chi connectivity index (χ1n) is 25.8. The van der Waals surface area contributed by atoms with Gasteiger partial charge in [0.15, 0.2) is 0 Å². The van der Waals surface area contributed by atoms with Gasteiger partial charge in [-0.05, 0) is 149 Å². The molecule has 2 heteroatoms. The molecule has 0 radical (unpaired) electrons. The van der Waals surface area contributed by atoms with E-state index >= 15 is 0 Å². The third kappa shape index (κ3) is 7.21. The summed E-state index contributed by atoms with van der Waals surface area (Å²) in [5, 5.41) is 4.91. The maximum absolute atomic E-state index is 2.52. The molecule has 10 aromatic carbocycles. The van der Waals surface area contributed by atoms with Crippen LogP contribution in [-0.2, 0) is 21.7 Å². The number of nitrogens with zero attached hydrogens (tertiary/aromatic N) is 2. The first-order chi connectivity index (χ1) is 34.5. The van der Waals surface area contributed by atoms with Crippen LogP contribution in [0.4, 0.5) is 34.1 Å². The van der Waals surface area contributed by atoms with Gasteiger partial charge in [-0.1, -0.05) is 215 Å². The van der Waals surface area contributed by atoms with Crippen LogP contribution in [0.5, 0.6) is 0 Å². The molecule has 0 fully saturated rings. The van der Waals surface area contributed by atoms with Crippen molar-refractivity contribution in [2.45, 2.75) is 90.9 Å². The SMILES string of the molecule is CC(C)(C)c1ccc2c(c1)C(C)(C)c1c(-c3ccc(N(c4ccccc4)c4ccc5ccccc5c4)c4c3C(C)(C)c3cc(C(C)(C)C)ccc3-4)ccc(N(c3ccccc3)c3ccc4ccccc4c3)c1-2. The number of hydrogen-bond acceptors (Lipinski definition) is 2. The lowest BCUT2D eigenvalue weighted by atomic mass is 9.73. The minimum atomic E-state index is -0.343. The first-order valence-corrected chi connectivity index (χ1v) is 25.8. The van der Waals surface area contributed by atoms with Gasteiger partial charge in [-0.25, -0.2) is 0 Å². The Kier molecular flexibility index (Phi) is 10.4. The molecule has 0 amide bonds. The van der Waals surface area contributed by atoms with Crippen molar-refractivity contribution in [3.63, 3.8) is 0 Å². The maximum atomic E-state index is 2.52. The molecule has 10 aromatic rings. The number of benzene rings is 10. The molecular weight excluding hydrogens is 869 g/mol. The van der Waals surface area contributed by atoms with Gasteiger partial charge in [-0.15, -0.1) is 0 Å². The Morgan fingerprint density at radius 1 is 0.306 bits per heavy atom. The fourth-order valence-electron chi connectivity index (χ4n) is 12.2. The number of anilines is 6. The molecule has 0 saturated carbocycles. The monoisotopic (exact) mass is 933 g/mol. The van der Waals surface area contributed by atoms with E-state index < -0.39 is 0 Å². The molecule has 12 rings (SSSR count). The standard InChI is InChI=1S/C70H64N2/c1-67(2,3)49-31-35-57-59(43-49)69(7,8)65-55(37-39-61(63(57)65)71(51-25-13-11-14-26-51)53-33-29-45-21-17-19-23-47(45)41-53)56-38-40-62(64-58-36-32-50(68(4,5)6)44-60(58)70(9,10)66(56)64)72(52-27-15-12-16-28-52)54-34-30-46-22-18-20-24-48(46)42-54/h11-44H,1-10H3. The first kappa shape index (κ1) is 45.5. The molecule has 0 aliphatic heterocycles. The number of para-hydroxylation sites is 2. The Balaban J connectivity index is 1.17. The molecule has 0 atom stereocenters. The van der Waals surface area contributed by atoms with Gasteiger partial charge in [0.2, 0.25) is 0 Å². The van der Waals surface area contributed by atoms with Crippen LogP contribution in [0.25, 0.3) is 54.9 Å². The summed E-state index contributed by atoms with van der Waals surface area (Å²) in [4.78, 5) is 5.00. The van der Waals surface area contributed by atoms with Gasteiger partial charge >= 0.3 is 0 Å². The Morgan fingerprint density at radius 3 is 1.03 bits per heavy atom. The van der Waals surface area contributed by atoms with E-state index in [1.165, 1.54) is 99.7 Å². The number of hydrogen-bond donors (Lipinski definition) is 0. The van der Waals surface area contributed by atoms with E-state index in [4.69, 9.17) is 0 Å². The normalized spacial score (nSPS) is 14.2. The summed E-state index contributed by atoms with van der Waals surface area (Å²) in [6, 6.07) is 77.7. The van der Waals surface area contributed by atoms with Crippen LogP contribution in [0.15, 0.2) is 206 Å². The van der Waals surface area contributed by atoms with Crippen molar-refractivity contribution in [2.24, 2.45) is 0 Å². The van der Waals surface area contributed by atoms with Gasteiger partial charge < -0.3 is 9.80 Å². The number of rotatable bonds is 7. The van der Waals surface area contributed by atoms with E-state index in [0.717, 1.165) is 22.7 Å². The molecule has 2 aliphatic carbocycles. The molecule has 0 N–H and O–H groups in total. The lowest BCUT2D eigenvalue weighted by molar-refractivity contribution is 0.584. The molecule has 0 unspecified atom stereocenters. The summed E-state index contributed by atoms with van der Waals surface area (Å²) in [5.41, 5.74) is 22.2. The van der Waals surface area contributed by atoms with Crippen LogP contribution in [0.2, 0.25) is 0 Å². The Bertz CT molecular complexity index is 3520. The van der Waals surface area contributed by atoms with Gasteiger partial charge in [-0.2, -0.15) is 0 Å². The van der Waals surface area contributed by atoms with Crippen molar-refractivity contribution < 1.29 is 0 Å². The Hall–Kier alpha value is -7.68. The van der Waals surface area contributed by atoms with Crippen LogP contribution in [0.1, 0.15) is 103 Å². The Labute approximate surface area is 427 Å². The predicted octanol–water partition coefficient (Wildman–Crippen LogP) is 19.8. The van der Waals surface area contributed by atoms with Gasteiger partial charge in [-0.3, -0.25) is 0 Å². The molecule has 0 spiro atoms. The summed E-state index contributed by atoms with van der Waals surface area (Å²) in [5.74, 6) is 0. The van der Waals surface area contributed by atoms with Crippen LogP contribution < -0.4 is 9.80 Å². The Morgan fingerprint density at radius 2 is 0.653 bits per heavy atom. The third-order valence-corrected chi connectivity index (χ3v) is 16.1. The average Bonchev–Trinajstić information content (AvgIpc) is 3.76. The zero-order valence-corrected chi connectivity index (χ0v) is 43.5. The van der Waals surface area contributed by atoms with E-state index in [1.54, 1.807) is 0 Å². The summed E-state index contributed by atoms with van der Waals surface area (Å²) < 4.78 is 0. The van der Waals surface area contributed by atoms with Gasteiger partial charge in [0.1, 0.15) is 0 Å². The lowest BCUT2D eigenvalue weighted by Gasteiger charge is -2.33. The summed E-state index contributed by atoms with van der Waals surface area (Å²) in [6.07, 6.45) is 0. The molecule has 0 bridgehead atoms. The molecule has 2 nitrogen and oxygen atoms in total. The summed E-state index contributed by atoms with van der Waals surface area (Å²) >= 11 is 0. The summed E-state index contributed by atoms with van der Waals surface area (Å²) in [6.45, 7) is 23.9. The van der Waals surface area contributed by atoms with Crippen LogP contribution in [0.3, 0.4) is 0 Å². The van der Waals surface area contributed by atoms with Crippen molar-refractivity contribution in [2.75, 3.05) is 9.80 Å². The third-order valence-electron chi connectivity index (χ3n) is 16.1. The van der Waals surface area contributed by atoms with Crippen molar-refractivity contribution in [3.8, 4) is 33.4 Å². The van der Waals surface area contributed by atoms with Crippen molar-refractivity contribution >= 4 is 55.7 Å². The highest BCUT2D eigenvalue weighted by atomic mass is 15.2. The maximum Gasteiger partial charge on any atom is 0.0543 e. The predicted molar refractivity (Wildman–Crippen MR) is 309 cm³/mol. The topological polar surface area (TPSA) is 6.48 Å². The second-order valence-electron chi connectivity index (χ2n) is 23.4. The summed E-state index contributed by atoms with van der Waals surface area (Å²) in [7, 11) is 0. The van der Waals surface area contributed by atoms with Crippen LogP contribution >= 0.6 is 0 Å². The van der Waals surface area contributed by atoms with E-state index in [0.29, 0.717) is 0 Å². The molecule has 72 heavy (non-hydrogen) atoms. The van der Waals surface area contributed by atoms with E-state index in [-0.39, 0.29) is 21.7 Å². The van der Waals surface area contributed by atoms with Gasteiger partial charge in [0.05, 0.1) is 11.4 Å². The molecule has 0 heterocycles. The van der Waals surface area contributed by atoms with E-state index in [1.807, 2.05) is 0 Å². The quantitative estimate of drug-likeness (QED) is 0.157. The second kappa shape index (κ2) is 16.4. The highest BCUT2D eigenvalue weighted by molar-refractivity contribution is 6.04. The highest BCUT2D eigenvalue weighted by Gasteiger charge is 2.45. The molecular formula is C70H64N2. The number of fused-ring (bicyclic) bond motifs is 8. The molecule has 0 aromatic heterocycles. The second-order valence-corrected chi connectivity index (χ2v) is 23.4. The zero-order valence-electron chi connectivity index (χ0n) is 43.5. The molecule has 0 saturated heterocycles. The van der Waals surface area contributed by atoms with Crippen molar-refractivity contribution in [1.82, 2.24) is 0 Å². The highest BCUT2D eigenvalue weighted by Crippen LogP contribution is 2.62. The minimum Gasteiger partial charge on any atom is -0.310 e. The van der Waals surface area contributed by atoms with Crippen LogP contribution in [-0.4, -0.2) is 0 Å². The fraction of sp³-hybridized carbons (Fsp3) is 0.200. The van der Waals surface area contributed by atoms with Crippen molar-refractivity contribution in [1.29, 1.82) is 0 Å². The van der Waals surface area contributed by atoms with Gasteiger partial charge in [0, 0.05) is 44.7 Å². The smallest absolute Gasteiger partial charge is 0.0543 e. The zero-order chi connectivity index (χ0) is 49.9. The lowest BCUT2D eigenvalue weighted by Crippen LogP contribution is -2.21. The van der Waals surface area contributed by atoms with E-state index in [9.17, 15) is 0 Å². The van der Waals surface area contributed by atoms with Crippen LogP contribution in [0, 0.1) is 0 Å². The minimum absolute atomic E-state index is 0.0132. The average molecular weight is 933 g/mol. The molecule has 354 valence electrons. The largest absolute Gasteiger partial charge is 0.310 e. The molecule has 2 aliphatic rings. The van der Waals surface area contributed by atoms with E-state index in [2.05, 4.69) is 285 Å². The van der Waals surface area contributed by atoms with Gasteiger partial charge in [0.25, 0.3) is 0 Å². The fourth-order valence-corrected chi connectivity index (χ4v) is 12.2. The van der Waals surface area contributed by atoms with Crippen molar-refractivity contribution in [3.05, 3.63) is 240 Å².